The Balaban J connectivity index is 2.70. The van der Waals surface area contributed by atoms with Crippen LogP contribution < -0.4 is 4.90 Å². The quantitative estimate of drug-likeness (QED) is 0.768. The highest BCUT2D eigenvalue weighted by Gasteiger charge is 2.10. The van der Waals surface area contributed by atoms with Gasteiger partial charge in [-0.15, -0.1) is 10.2 Å². The summed E-state index contributed by atoms with van der Waals surface area (Å²) in [6, 6.07) is 3.64. The Bertz CT molecular complexity index is 303. The van der Waals surface area contributed by atoms with Crippen LogP contribution in [-0.4, -0.2) is 37.0 Å². The number of ether oxygens (including phenoxy) is 1. The van der Waals surface area contributed by atoms with E-state index in [1.54, 1.807) is 13.2 Å². The van der Waals surface area contributed by atoms with Crippen LogP contribution in [0.3, 0.4) is 0 Å². The molecule has 0 spiro atoms. The molecule has 0 radical (unpaired) electrons. The molecular formula is C11H18ClN3O. The third-order valence-corrected chi connectivity index (χ3v) is 2.29. The van der Waals surface area contributed by atoms with E-state index >= 15 is 0 Å². The Morgan fingerprint density at radius 1 is 1.38 bits per heavy atom. The van der Waals surface area contributed by atoms with E-state index in [1.807, 2.05) is 6.07 Å². The third-order valence-electron chi connectivity index (χ3n) is 2.09. The maximum Gasteiger partial charge on any atom is 0.151 e. The van der Waals surface area contributed by atoms with Crippen LogP contribution in [0.2, 0.25) is 5.15 Å². The molecule has 0 amide bonds. The summed E-state index contributed by atoms with van der Waals surface area (Å²) in [7, 11) is 1.70. The summed E-state index contributed by atoms with van der Waals surface area (Å²) in [5, 5.41) is 8.34. The molecule has 1 aromatic rings. The summed E-state index contributed by atoms with van der Waals surface area (Å²) in [5.41, 5.74) is 0. The van der Waals surface area contributed by atoms with Crippen LogP contribution in [0.5, 0.6) is 0 Å². The van der Waals surface area contributed by atoms with Crippen LogP contribution in [0.15, 0.2) is 12.1 Å². The Labute approximate surface area is 102 Å². The van der Waals surface area contributed by atoms with Crippen molar-refractivity contribution in [3.8, 4) is 0 Å². The maximum absolute atomic E-state index is 5.71. The van der Waals surface area contributed by atoms with E-state index in [0.717, 1.165) is 18.9 Å². The van der Waals surface area contributed by atoms with Crippen molar-refractivity contribution in [1.29, 1.82) is 0 Å². The van der Waals surface area contributed by atoms with Gasteiger partial charge in [0.15, 0.2) is 11.0 Å². The lowest BCUT2D eigenvalue weighted by molar-refractivity contribution is 0.204. The van der Waals surface area contributed by atoms with E-state index in [0.29, 0.717) is 17.7 Å². The fourth-order valence-corrected chi connectivity index (χ4v) is 1.52. The average molecular weight is 244 g/mol. The van der Waals surface area contributed by atoms with E-state index < -0.39 is 0 Å². The van der Waals surface area contributed by atoms with Crippen molar-refractivity contribution >= 4 is 17.4 Å². The molecule has 0 aliphatic rings. The molecule has 0 unspecified atom stereocenters. The summed E-state index contributed by atoms with van der Waals surface area (Å²) in [4.78, 5) is 2.15. The molecule has 1 aromatic heterocycles. The number of hydrogen-bond acceptors (Lipinski definition) is 4. The summed E-state index contributed by atoms with van der Waals surface area (Å²) in [6.45, 7) is 6.76. The molecule has 1 heterocycles. The second-order valence-corrected chi connectivity index (χ2v) is 4.43. The van der Waals surface area contributed by atoms with Gasteiger partial charge in [0, 0.05) is 20.2 Å². The van der Waals surface area contributed by atoms with E-state index in [9.17, 15) is 0 Å². The normalized spacial score (nSPS) is 10.8. The zero-order chi connectivity index (χ0) is 12.0. The SMILES string of the molecule is COCCN(CC(C)C)c1ccc(Cl)nn1. The maximum atomic E-state index is 5.71. The standard InChI is InChI=1S/C11H18ClN3O/c1-9(2)8-15(6-7-16-3)11-5-4-10(12)13-14-11/h4-5,9H,6-8H2,1-3H3. The van der Waals surface area contributed by atoms with Gasteiger partial charge >= 0.3 is 0 Å². The Morgan fingerprint density at radius 2 is 2.12 bits per heavy atom. The number of nitrogens with zero attached hydrogens (tertiary/aromatic N) is 3. The van der Waals surface area contributed by atoms with Gasteiger partial charge < -0.3 is 9.64 Å². The van der Waals surface area contributed by atoms with E-state index in [-0.39, 0.29) is 0 Å². The minimum Gasteiger partial charge on any atom is -0.383 e. The number of methoxy groups -OCH3 is 1. The van der Waals surface area contributed by atoms with Crippen LogP contribution >= 0.6 is 11.6 Å². The highest BCUT2D eigenvalue weighted by atomic mass is 35.5. The monoisotopic (exact) mass is 243 g/mol. The third kappa shape index (κ3) is 4.33. The lowest BCUT2D eigenvalue weighted by Crippen LogP contribution is -2.31. The highest BCUT2D eigenvalue weighted by Crippen LogP contribution is 2.13. The predicted octanol–water partition coefficient (Wildman–Crippen LogP) is 2.24. The fourth-order valence-electron chi connectivity index (χ4n) is 1.42. The molecule has 16 heavy (non-hydrogen) atoms. The first-order valence-electron chi connectivity index (χ1n) is 5.36. The fraction of sp³-hybridized carbons (Fsp3) is 0.636. The van der Waals surface area contributed by atoms with Crippen LogP contribution in [0, 0.1) is 5.92 Å². The molecular weight excluding hydrogens is 226 g/mol. The predicted molar refractivity (Wildman–Crippen MR) is 66.0 cm³/mol. The van der Waals surface area contributed by atoms with Crippen molar-refractivity contribution in [3.63, 3.8) is 0 Å². The van der Waals surface area contributed by atoms with Crippen molar-refractivity contribution in [2.45, 2.75) is 13.8 Å². The van der Waals surface area contributed by atoms with Gasteiger partial charge in [-0.2, -0.15) is 0 Å². The minimum absolute atomic E-state index is 0.417. The molecule has 0 aromatic carbocycles. The number of rotatable bonds is 6. The van der Waals surface area contributed by atoms with Crippen molar-refractivity contribution in [1.82, 2.24) is 10.2 Å². The second-order valence-electron chi connectivity index (χ2n) is 4.05. The van der Waals surface area contributed by atoms with E-state index in [4.69, 9.17) is 16.3 Å². The van der Waals surface area contributed by atoms with Crippen molar-refractivity contribution < 1.29 is 4.74 Å². The first-order valence-corrected chi connectivity index (χ1v) is 5.74. The lowest BCUT2D eigenvalue weighted by atomic mass is 10.2. The van der Waals surface area contributed by atoms with Crippen molar-refractivity contribution in [2.24, 2.45) is 5.92 Å². The molecule has 5 heteroatoms. The van der Waals surface area contributed by atoms with E-state index in [2.05, 4.69) is 28.9 Å². The zero-order valence-corrected chi connectivity index (χ0v) is 10.7. The number of halogens is 1. The summed E-state index contributed by atoms with van der Waals surface area (Å²) >= 11 is 5.71. The summed E-state index contributed by atoms with van der Waals surface area (Å²) in [6.07, 6.45) is 0. The molecule has 4 nitrogen and oxygen atoms in total. The first kappa shape index (κ1) is 13.2. The van der Waals surface area contributed by atoms with Gasteiger partial charge in [-0.25, -0.2) is 0 Å². The van der Waals surface area contributed by atoms with Gasteiger partial charge in [0.25, 0.3) is 0 Å². The van der Waals surface area contributed by atoms with Crippen molar-refractivity contribution in [2.75, 3.05) is 31.7 Å². The molecule has 0 aliphatic heterocycles. The molecule has 0 atom stereocenters. The van der Waals surface area contributed by atoms with Gasteiger partial charge in [-0.3, -0.25) is 0 Å². The van der Waals surface area contributed by atoms with Crippen molar-refractivity contribution in [3.05, 3.63) is 17.3 Å². The van der Waals surface area contributed by atoms with Crippen LogP contribution in [-0.2, 0) is 4.74 Å². The van der Waals surface area contributed by atoms with Gasteiger partial charge in [-0.1, -0.05) is 25.4 Å². The van der Waals surface area contributed by atoms with Gasteiger partial charge in [-0.05, 0) is 18.1 Å². The molecule has 0 saturated heterocycles. The molecule has 0 N–H and O–H groups in total. The molecule has 0 fully saturated rings. The Morgan fingerprint density at radius 3 is 2.62 bits per heavy atom. The molecule has 0 aliphatic carbocycles. The van der Waals surface area contributed by atoms with E-state index in [1.165, 1.54) is 0 Å². The number of anilines is 1. The topological polar surface area (TPSA) is 38.2 Å². The average Bonchev–Trinajstić information content (AvgIpc) is 2.25. The second kappa shape index (κ2) is 6.66. The molecule has 0 saturated carbocycles. The van der Waals surface area contributed by atoms with Gasteiger partial charge in [0.1, 0.15) is 0 Å². The number of hydrogen-bond donors (Lipinski definition) is 0. The Kier molecular flexibility index (Phi) is 5.49. The minimum atomic E-state index is 0.417. The smallest absolute Gasteiger partial charge is 0.151 e. The largest absolute Gasteiger partial charge is 0.383 e. The molecule has 90 valence electrons. The van der Waals surface area contributed by atoms with Gasteiger partial charge in [0.2, 0.25) is 0 Å². The van der Waals surface area contributed by atoms with Crippen LogP contribution in [0.25, 0.3) is 0 Å². The van der Waals surface area contributed by atoms with Gasteiger partial charge in [0.05, 0.1) is 6.61 Å². The molecule has 1 rings (SSSR count). The summed E-state index contributed by atoms with van der Waals surface area (Å²) in [5.74, 6) is 1.41. The van der Waals surface area contributed by atoms with Crippen LogP contribution in [0.1, 0.15) is 13.8 Å². The highest BCUT2D eigenvalue weighted by molar-refractivity contribution is 6.29. The van der Waals surface area contributed by atoms with Crippen LogP contribution in [0.4, 0.5) is 5.82 Å². The lowest BCUT2D eigenvalue weighted by Gasteiger charge is -2.24. The molecule has 0 bridgehead atoms. The Hall–Kier alpha value is -0.870. The summed E-state index contributed by atoms with van der Waals surface area (Å²) < 4.78 is 5.08. The first-order chi connectivity index (χ1) is 7.63. The zero-order valence-electron chi connectivity index (χ0n) is 9.98. The number of aromatic nitrogens is 2.